The molecule has 0 aliphatic carbocycles. The highest BCUT2D eigenvalue weighted by Gasteiger charge is 2.21. The van der Waals surface area contributed by atoms with Crippen LogP contribution in [0.5, 0.6) is 0 Å². The molecule has 2 aromatic rings. The van der Waals surface area contributed by atoms with Crippen LogP contribution in [0.2, 0.25) is 0 Å². The molecule has 0 fully saturated rings. The van der Waals surface area contributed by atoms with Crippen LogP contribution in [-0.2, 0) is 6.42 Å². The topological polar surface area (TPSA) is 37.8 Å². The van der Waals surface area contributed by atoms with Gasteiger partial charge in [-0.2, -0.15) is 10.2 Å². The smallest absolute Gasteiger partial charge is 0.142 e. The quantitative estimate of drug-likeness (QED) is 0.886. The maximum Gasteiger partial charge on any atom is 0.142 e. The first-order chi connectivity index (χ1) is 10.1. The molecule has 0 aliphatic rings. The lowest BCUT2D eigenvalue weighted by atomic mass is 9.96. The molecule has 0 saturated heterocycles. The number of aromatic nitrogens is 2. The Bertz CT molecular complexity index is 631. The van der Waals surface area contributed by atoms with Gasteiger partial charge >= 0.3 is 0 Å². The van der Waals surface area contributed by atoms with E-state index in [4.69, 9.17) is 0 Å². The van der Waals surface area contributed by atoms with Crippen molar-refractivity contribution in [3.63, 3.8) is 0 Å². The number of nitrogens with zero attached hydrogens (tertiary/aromatic N) is 2. The summed E-state index contributed by atoms with van der Waals surface area (Å²) < 4.78 is 14.9. The third-order valence-corrected chi connectivity index (χ3v) is 3.99. The molecule has 0 amide bonds. The molecule has 0 saturated carbocycles. The Labute approximate surface area is 133 Å². The van der Waals surface area contributed by atoms with E-state index in [1.165, 1.54) is 0 Å². The van der Waals surface area contributed by atoms with Gasteiger partial charge in [-0.1, -0.05) is 26.0 Å². The summed E-state index contributed by atoms with van der Waals surface area (Å²) in [6.07, 6.45) is 0.764. The van der Waals surface area contributed by atoms with Crippen LogP contribution in [-0.4, -0.2) is 16.7 Å². The largest absolute Gasteiger partial charge is 0.306 e. The van der Waals surface area contributed by atoms with Crippen molar-refractivity contribution >= 4 is 15.9 Å². The third kappa shape index (κ3) is 3.47. The third-order valence-electron chi connectivity index (χ3n) is 3.37. The molecule has 1 unspecified atom stereocenters. The zero-order valence-corrected chi connectivity index (χ0v) is 14.0. The molecular weight excluding hydrogens is 333 g/mol. The van der Waals surface area contributed by atoms with Crippen LogP contribution in [0.15, 0.2) is 28.7 Å². The molecule has 5 heteroatoms. The molecule has 112 valence electrons. The van der Waals surface area contributed by atoms with Crippen molar-refractivity contribution in [2.75, 3.05) is 6.54 Å². The average molecular weight is 352 g/mol. The van der Waals surface area contributed by atoms with E-state index in [-0.39, 0.29) is 11.9 Å². The van der Waals surface area contributed by atoms with Gasteiger partial charge in [0, 0.05) is 5.56 Å². The lowest BCUT2D eigenvalue weighted by Gasteiger charge is -2.22. The Morgan fingerprint density at radius 1 is 1.24 bits per heavy atom. The van der Waals surface area contributed by atoms with Gasteiger partial charge in [-0.05, 0) is 53.5 Å². The second kappa shape index (κ2) is 7.09. The average Bonchev–Trinajstić information content (AvgIpc) is 2.48. The van der Waals surface area contributed by atoms with Crippen molar-refractivity contribution in [3.05, 3.63) is 57.1 Å². The first-order valence-electron chi connectivity index (χ1n) is 7.08. The van der Waals surface area contributed by atoms with E-state index in [1.807, 2.05) is 39.0 Å². The van der Waals surface area contributed by atoms with Gasteiger partial charge in [-0.25, -0.2) is 4.39 Å². The Balaban J connectivity index is 2.58. The molecule has 1 aromatic heterocycles. The summed E-state index contributed by atoms with van der Waals surface area (Å²) in [5.74, 6) is -0.236. The number of halogens is 2. The van der Waals surface area contributed by atoms with Crippen molar-refractivity contribution in [3.8, 4) is 0 Å². The number of hydrogen-bond donors (Lipinski definition) is 1. The van der Waals surface area contributed by atoms with E-state index in [9.17, 15) is 4.39 Å². The lowest BCUT2D eigenvalue weighted by molar-refractivity contribution is 0.550. The van der Waals surface area contributed by atoms with Gasteiger partial charge < -0.3 is 5.32 Å². The molecule has 1 aromatic carbocycles. The van der Waals surface area contributed by atoms with Gasteiger partial charge in [0.2, 0.25) is 0 Å². The van der Waals surface area contributed by atoms with E-state index in [0.29, 0.717) is 10.0 Å². The fourth-order valence-electron chi connectivity index (χ4n) is 2.39. The molecule has 0 aliphatic heterocycles. The highest BCUT2D eigenvalue weighted by Crippen LogP contribution is 2.30. The van der Waals surface area contributed by atoms with Crippen LogP contribution in [0, 0.1) is 12.7 Å². The molecule has 0 bridgehead atoms. The Hall–Kier alpha value is -1.33. The molecule has 1 atom stereocenters. The fourth-order valence-corrected chi connectivity index (χ4v) is 2.78. The van der Waals surface area contributed by atoms with E-state index >= 15 is 0 Å². The van der Waals surface area contributed by atoms with Crippen molar-refractivity contribution in [2.24, 2.45) is 0 Å². The Morgan fingerprint density at radius 3 is 2.67 bits per heavy atom. The van der Waals surface area contributed by atoms with Gasteiger partial charge in [-0.15, -0.1) is 0 Å². The van der Waals surface area contributed by atoms with E-state index in [1.54, 1.807) is 6.07 Å². The molecule has 0 spiro atoms. The predicted molar refractivity (Wildman–Crippen MR) is 85.8 cm³/mol. The van der Waals surface area contributed by atoms with Gasteiger partial charge in [0.25, 0.3) is 0 Å². The van der Waals surface area contributed by atoms with Gasteiger partial charge in [0.1, 0.15) is 5.82 Å². The molecule has 1 heterocycles. The highest BCUT2D eigenvalue weighted by atomic mass is 79.9. The summed E-state index contributed by atoms with van der Waals surface area (Å²) in [6, 6.07) is 7.12. The fraction of sp³-hybridized carbons (Fsp3) is 0.375. The van der Waals surface area contributed by atoms with Crippen molar-refractivity contribution in [1.82, 2.24) is 15.5 Å². The zero-order chi connectivity index (χ0) is 15.4. The first-order valence-corrected chi connectivity index (χ1v) is 7.88. The van der Waals surface area contributed by atoms with Crippen LogP contribution in [0.1, 0.15) is 42.4 Å². The molecule has 21 heavy (non-hydrogen) atoms. The molecule has 1 N–H and O–H groups in total. The van der Waals surface area contributed by atoms with Crippen molar-refractivity contribution in [2.45, 2.75) is 33.2 Å². The summed E-state index contributed by atoms with van der Waals surface area (Å²) in [4.78, 5) is 0. The van der Waals surface area contributed by atoms with E-state index in [0.717, 1.165) is 29.9 Å². The minimum Gasteiger partial charge on any atom is -0.306 e. The van der Waals surface area contributed by atoms with Crippen LogP contribution >= 0.6 is 15.9 Å². The number of hydrogen-bond acceptors (Lipinski definition) is 3. The van der Waals surface area contributed by atoms with Crippen molar-refractivity contribution < 1.29 is 4.39 Å². The molecular formula is C16H19BrFN3. The van der Waals surface area contributed by atoms with Crippen LogP contribution < -0.4 is 5.32 Å². The maximum absolute atomic E-state index is 14.5. The minimum atomic E-state index is -0.236. The van der Waals surface area contributed by atoms with Crippen LogP contribution in [0.3, 0.4) is 0 Å². The number of aryl methyl sites for hydroxylation is 2. The van der Waals surface area contributed by atoms with Crippen molar-refractivity contribution in [1.29, 1.82) is 0 Å². The molecule has 3 nitrogen and oxygen atoms in total. The zero-order valence-electron chi connectivity index (χ0n) is 12.5. The summed E-state index contributed by atoms with van der Waals surface area (Å²) in [5, 5.41) is 11.7. The van der Waals surface area contributed by atoms with Gasteiger partial charge in [0.15, 0.2) is 0 Å². The molecule has 0 radical (unpaired) electrons. The summed E-state index contributed by atoms with van der Waals surface area (Å²) >= 11 is 3.26. The number of benzene rings is 1. The summed E-state index contributed by atoms with van der Waals surface area (Å²) in [5.41, 5.74) is 3.34. The second-order valence-corrected chi connectivity index (χ2v) is 5.73. The Morgan fingerprint density at radius 2 is 2.00 bits per heavy atom. The number of rotatable bonds is 5. The standard InChI is InChI=1S/C16H19BrFN3/c1-4-14-12(9-10(3)20-21-14)16(19-5-2)11-7-6-8-13(17)15(11)18/h6-9,16,19H,4-5H2,1-3H3. The normalized spacial score (nSPS) is 12.4. The summed E-state index contributed by atoms with van der Waals surface area (Å²) in [7, 11) is 0. The van der Waals surface area contributed by atoms with E-state index in [2.05, 4.69) is 31.4 Å². The lowest BCUT2D eigenvalue weighted by Crippen LogP contribution is -2.25. The molecule has 2 rings (SSSR count). The predicted octanol–water partition coefficient (Wildman–Crippen LogP) is 3.95. The second-order valence-electron chi connectivity index (χ2n) is 4.88. The first kappa shape index (κ1) is 16.0. The minimum absolute atomic E-state index is 0.225. The van der Waals surface area contributed by atoms with Gasteiger partial charge in [-0.3, -0.25) is 0 Å². The SMILES string of the molecule is CCNC(c1cc(C)nnc1CC)c1cccc(Br)c1F. The monoisotopic (exact) mass is 351 g/mol. The van der Waals surface area contributed by atoms with Crippen LogP contribution in [0.4, 0.5) is 4.39 Å². The maximum atomic E-state index is 14.5. The summed E-state index contributed by atoms with van der Waals surface area (Å²) in [6.45, 7) is 6.68. The number of nitrogens with one attached hydrogen (secondary N) is 1. The Kier molecular flexibility index (Phi) is 5.42. The van der Waals surface area contributed by atoms with Gasteiger partial charge in [0.05, 0.1) is 21.9 Å². The van der Waals surface area contributed by atoms with E-state index < -0.39 is 0 Å². The highest BCUT2D eigenvalue weighted by molar-refractivity contribution is 9.10. The van der Waals surface area contributed by atoms with Crippen LogP contribution in [0.25, 0.3) is 0 Å².